The Balaban J connectivity index is 1.30. The minimum atomic E-state index is -0.217. The smallest absolute Gasteiger partial charge is 0.306 e. The van der Waals surface area contributed by atoms with Crippen molar-refractivity contribution in [1.82, 2.24) is 10.2 Å². The number of piperidine rings is 1. The van der Waals surface area contributed by atoms with Gasteiger partial charge in [0.15, 0.2) is 0 Å². The van der Waals surface area contributed by atoms with Crippen LogP contribution in [0.3, 0.4) is 0 Å². The van der Waals surface area contributed by atoms with E-state index in [2.05, 4.69) is 41.4 Å². The van der Waals surface area contributed by atoms with E-state index in [0.717, 1.165) is 68.4 Å². The van der Waals surface area contributed by atoms with Crippen molar-refractivity contribution >= 4 is 11.9 Å². The maximum absolute atomic E-state index is 13.2. The summed E-state index contributed by atoms with van der Waals surface area (Å²) in [5, 5.41) is 3.30. The van der Waals surface area contributed by atoms with Gasteiger partial charge in [0.25, 0.3) is 5.91 Å². The number of esters is 1. The van der Waals surface area contributed by atoms with E-state index in [9.17, 15) is 9.59 Å². The maximum Gasteiger partial charge on any atom is 0.306 e. The molecule has 1 aliphatic heterocycles. The fourth-order valence-corrected chi connectivity index (χ4v) is 5.97. The Kier molecular flexibility index (Phi) is 10.5. The number of amides is 1. The van der Waals surface area contributed by atoms with Crippen molar-refractivity contribution in [3.63, 3.8) is 0 Å². The van der Waals surface area contributed by atoms with E-state index in [1.54, 1.807) is 0 Å². The van der Waals surface area contributed by atoms with Gasteiger partial charge in [0.1, 0.15) is 0 Å². The third-order valence-electron chi connectivity index (χ3n) is 8.22. The average molecular weight is 541 g/mol. The van der Waals surface area contributed by atoms with Gasteiger partial charge in [-0.1, -0.05) is 85.8 Å². The normalized spacial score (nSPS) is 15.9. The Morgan fingerprint density at radius 1 is 0.925 bits per heavy atom. The monoisotopic (exact) mass is 540 g/mol. The number of carbonyl (C=O) groups excluding carboxylic acids is 2. The van der Waals surface area contributed by atoms with Crippen molar-refractivity contribution in [3.05, 3.63) is 96.1 Å². The van der Waals surface area contributed by atoms with Crippen LogP contribution < -0.4 is 5.32 Å². The molecule has 0 aliphatic carbocycles. The second kappa shape index (κ2) is 14.3. The zero-order chi connectivity index (χ0) is 28.4. The van der Waals surface area contributed by atoms with Crippen LogP contribution in [0.25, 0.3) is 11.1 Å². The van der Waals surface area contributed by atoms with Crippen molar-refractivity contribution in [2.75, 3.05) is 19.6 Å². The summed E-state index contributed by atoms with van der Waals surface area (Å²) in [6.45, 7) is 8.91. The molecule has 3 aromatic rings. The Hall–Kier alpha value is -3.44. The molecule has 1 atom stereocenters. The third-order valence-corrected chi connectivity index (χ3v) is 8.22. The Labute approximate surface area is 239 Å². The van der Waals surface area contributed by atoms with Crippen molar-refractivity contribution in [2.24, 2.45) is 0 Å². The van der Waals surface area contributed by atoms with Gasteiger partial charge in [0.05, 0.1) is 12.5 Å². The van der Waals surface area contributed by atoms with E-state index >= 15 is 0 Å². The number of hydrogen-bond acceptors (Lipinski definition) is 4. The lowest BCUT2D eigenvalue weighted by Crippen LogP contribution is -2.45. The van der Waals surface area contributed by atoms with Gasteiger partial charge >= 0.3 is 5.97 Å². The first-order valence-electron chi connectivity index (χ1n) is 14.8. The number of nitrogens with one attached hydrogen (secondary N) is 1. The molecular weight excluding hydrogens is 496 g/mol. The first-order valence-corrected chi connectivity index (χ1v) is 14.8. The molecule has 1 fully saturated rings. The van der Waals surface area contributed by atoms with Gasteiger partial charge in [-0.05, 0) is 75.3 Å². The standard InChI is InChI=1S/C35H44N2O3/c1-4-35(26-33(38)40-27(2)3,29-16-9-6-10-17-29)22-13-23-37-24-20-30(21-25-37)36-34(39)32-19-12-11-18-31(32)28-14-7-5-8-15-28/h5-12,14-19,27,30H,4,13,20-26H2,1-3H3,(H,36,39). The number of likely N-dealkylation sites (tertiary alicyclic amines) is 1. The predicted molar refractivity (Wildman–Crippen MR) is 162 cm³/mol. The summed E-state index contributed by atoms with van der Waals surface area (Å²) >= 11 is 0. The highest BCUT2D eigenvalue weighted by Crippen LogP contribution is 2.37. The van der Waals surface area contributed by atoms with Gasteiger partial charge < -0.3 is 15.0 Å². The fraction of sp³-hybridized carbons (Fsp3) is 0.429. The van der Waals surface area contributed by atoms with Crippen LogP contribution in [-0.4, -0.2) is 48.6 Å². The second-order valence-electron chi connectivity index (χ2n) is 11.3. The topological polar surface area (TPSA) is 58.6 Å². The van der Waals surface area contributed by atoms with Gasteiger partial charge in [-0.25, -0.2) is 0 Å². The van der Waals surface area contributed by atoms with E-state index in [0.29, 0.717) is 6.42 Å². The highest BCUT2D eigenvalue weighted by Gasteiger charge is 2.34. The molecular formula is C35H44N2O3. The van der Waals surface area contributed by atoms with Crippen molar-refractivity contribution in [1.29, 1.82) is 0 Å². The summed E-state index contributed by atoms with van der Waals surface area (Å²) < 4.78 is 5.55. The minimum absolute atomic E-state index is 0.00165. The molecule has 0 radical (unpaired) electrons. The van der Waals surface area contributed by atoms with Gasteiger partial charge in [-0.15, -0.1) is 0 Å². The van der Waals surface area contributed by atoms with Gasteiger partial charge in [-0.3, -0.25) is 9.59 Å². The van der Waals surface area contributed by atoms with E-state index in [4.69, 9.17) is 4.74 Å². The van der Waals surface area contributed by atoms with Crippen LogP contribution in [0, 0.1) is 0 Å². The van der Waals surface area contributed by atoms with Crippen LogP contribution in [0.5, 0.6) is 0 Å². The highest BCUT2D eigenvalue weighted by molar-refractivity contribution is 6.01. The van der Waals surface area contributed by atoms with E-state index in [1.165, 1.54) is 5.56 Å². The largest absolute Gasteiger partial charge is 0.463 e. The molecule has 1 amide bonds. The number of hydrogen-bond donors (Lipinski definition) is 1. The molecule has 0 aromatic heterocycles. The summed E-state index contributed by atoms with van der Waals surface area (Å²) in [6.07, 6.45) is 5.03. The van der Waals surface area contributed by atoms with Crippen LogP contribution in [0.4, 0.5) is 0 Å². The molecule has 5 nitrogen and oxygen atoms in total. The molecule has 0 spiro atoms. The van der Waals surface area contributed by atoms with E-state index < -0.39 is 0 Å². The van der Waals surface area contributed by atoms with Crippen molar-refractivity contribution < 1.29 is 14.3 Å². The van der Waals surface area contributed by atoms with Crippen LogP contribution >= 0.6 is 0 Å². The quantitative estimate of drug-likeness (QED) is 0.251. The molecule has 5 heteroatoms. The number of carbonyl (C=O) groups is 2. The van der Waals surface area contributed by atoms with Gasteiger partial charge in [0.2, 0.25) is 0 Å². The van der Waals surface area contributed by atoms with E-state index in [1.807, 2.05) is 74.5 Å². The second-order valence-corrected chi connectivity index (χ2v) is 11.3. The summed E-state index contributed by atoms with van der Waals surface area (Å²) in [5.41, 5.74) is 3.75. The Morgan fingerprint density at radius 2 is 1.55 bits per heavy atom. The van der Waals surface area contributed by atoms with Crippen LogP contribution in [0.15, 0.2) is 84.9 Å². The lowest BCUT2D eigenvalue weighted by atomic mass is 9.72. The molecule has 0 bridgehead atoms. The highest BCUT2D eigenvalue weighted by atomic mass is 16.5. The summed E-state index contributed by atoms with van der Waals surface area (Å²) in [4.78, 5) is 28.5. The third kappa shape index (κ3) is 7.82. The van der Waals surface area contributed by atoms with Crippen LogP contribution in [0.2, 0.25) is 0 Å². The SMILES string of the molecule is CCC(CCCN1CCC(NC(=O)c2ccccc2-c2ccccc2)CC1)(CC(=O)OC(C)C)c1ccccc1. The van der Waals surface area contributed by atoms with Crippen molar-refractivity contribution in [2.45, 2.75) is 76.9 Å². The zero-order valence-electron chi connectivity index (χ0n) is 24.3. The van der Waals surface area contributed by atoms with Crippen molar-refractivity contribution in [3.8, 4) is 11.1 Å². The summed E-state index contributed by atoms with van der Waals surface area (Å²) in [5.74, 6) is -0.118. The fourth-order valence-electron chi connectivity index (χ4n) is 5.97. The van der Waals surface area contributed by atoms with Gasteiger partial charge in [-0.2, -0.15) is 0 Å². The molecule has 4 rings (SSSR count). The number of nitrogens with zero attached hydrogens (tertiary/aromatic N) is 1. The predicted octanol–water partition coefficient (Wildman–Crippen LogP) is 7.02. The lowest BCUT2D eigenvalue weighted by molar-refractivity contribution is -0.149. The average Bonchev–Trinajstić information content (AvgIpc) is 2.98. The molecule has 1 aliphatic rings. The molecule has 3 aromatic carbocycles. The first kappa shape index (κ1) is 29.5. The maximum atomic E-state index is 13.2. The lowest BCUT2D eigenvalue weighted by Gasteiger charge is -2.36. The first-order chi connectivity index (χ1) is 19.4. The number of benzene rings is 3. The Bertz CT molecular complexity index is 1220. The minimum Gasteiger partial charge on any atom is -0.463 e. The molecule has 1 heterocycles. The Morgan fingerprint density at radius 3 is 2.20 bits per heavy atom. The zero-order valence-corrected chi connectivity index (χ0v) is 24.3. The summed E-state index contributed by atoms with van der Waals surface area (Å²) in [7, 11) is 0. The molecule has 40 heavy (non-hydrogen) atoms. The molecule has 1 saturated heterocycles. The number of ether oxygens (including phenoxy) is 1. The molecule has 1 unspecified atom stereocenters. The molecule has 212 valence electrons. The van der Waals surface area contributed by atoms with E-state index in [-0.39, 0.29) is 29.4 Å². The van der Waals surface area contributed by atoms with Crippen LogP contribution in [-0.2, 0) is 14.9 Å². The molecule has 0 saturated carbocycles. The van der Waals surface area contributed by atoms with Gasteiger partial charge in [0, 0.05) is 30.1 Å². The number of rotatable bonds is 12. The van der Waals surface area contributed by atoms with Crippen LogP contribution in [0.1, 0.15) is 75.2 Å². The molecule has 1 N–H and O–H groups in total. The summed E-state index contributed by atoms with van der Waals surface area (Å²) in [6, 6.07) is 28.5.